The molecule has 2 aromatic rings. The average molecular weight is 483 g/mol. The maximum atomic E-state index is 12.6. The van der Waals surface area contributed by atoms with Crippen molar-refractivity contribution in [3.8, 4) is 0 Å². The lowest BCUT2D eigenvalue weighted by atomic mass is 10.2. The van der Waals surface area contributed by atoms with Crippen molar-refractivity contribution in [2.24, 2.45) is 0 Å². The van der Waals surface area contributed by atoms with E-state index in [4.69, 9.17) is 9.47 Å². The molecule has 1 saturated heterocycles. The van der Waals surface area contributed by atoms with Crippen LogP contribution in [0.2, 0.25) is 0 Å². The average Bonchev–Trinajstić information content (AvgIpc) is 2.73. The molecule has 1 N–H and O–H groups in total. The Morgan fingerprint density at radius 1 is 1.07 bits per heavy atom. The second kappa shape index (κ2) is 9.49. The van der Waals surface area contributed by atoms with E-state index in [0.29, 0.717) is 42.0 Å². The quantitative estimate of drug-likeness (QED) is 0.633. The van der Waals surface area contributed by atoms with Gasteiger partial charge in [0.25, 0.3) is 5.91 Å². The molecule has 10 heteroatoms. The lowest BCUT2D eigenvalue weighted by Crippen LogP contribution is -2.40. The first-order valence-electron chi connectivity index (χ1n) is 8.77. The molecule has 1 aliphatic heterocycles. The summed E-state index contributed by atoms with van der Waals surface area (Å²) in [6, 6.07) is 12.5. The molecule has 0 atom stereocenters. The zero-order chi connectivity index (χ0) is 20.9. The van der Waals surface area contributed by atoms with Gasteiger partial charge in [0, 0.05) is 23.2 Å². The summed E-state index contributed by atoms with van der Waals surface area (Å²) >= 11 is 3.25. The van der Waals surface area contributed by atoms with Gasteiger partial charge in [-0.05, 0) is 52.3 Å². The zero-order valence-electron chi connectivity index (χ0n) is 15.3. The Morgan fingerprint density at radius 3 is 2.38 bits per heavy atom. The topological polar surface area (TPSA) is 102 Å². The first kappa shape index (κ1) is 21.4. The Hall–Kier alpha value is -2.27. The number of carbonyl (C=O) groups excluding carboxylic acids is 2. The molecule has 0 aliphatic carbocycles. The summed E-state index contributed by atoms with van der Waals surface area (Å²) < 4.78 is 37.3. The van der Waals surface area contributed by atoms with Crippen molar-refractivity contribution in [3.63, 3.8) is 0 Å². The van der Waals surface area contributed by atoms with Crippen LogP contribution in [0.5, 0.6) is 0 Å². The number of amides is 1. The molecule has 1 heterocycles. The van der Waals surface area contributed by atoms with Crippen molar-refractivity contribution in [1.82, 2.24) is 4.31 Å². The lowest BCUT2D eigenvalue weighted by molar-refractivity contribution is -0.119. The van der Waals surface area contributed by atoms with Gasteiger partial charge < -0.3 is 14.8 Å². The number of esters is 1. The molecule has 0 radical (unpaired) electrons. The van der Waals surface area contributed by atoms with Gasteiger partial charge >= 0.3 is 5.97 Å². The number of sulfonamides is 1. The second-order valence-electron chi connectivity index (χ2n) is 6.14. The summed E-state index contributed by atoms with van der Waals surface area (Å²) in [6.45, 7) is 0.888. The highest BCUT2D eigenvalue weighted by Gasteiger charge is 2.26. The van der Waals surface area contributed by atoms with Crippen LogP contribution in [0.1, 0.15) is 10.4 Å². The van der Waals surface area contributed by atoms with Crippen LogP contribution in [0.15, 0.2) is 57.9 Å². The fourth-order valence-electron chi connectivity index (χ4n) is 2.68. The van der Waals surface area contributed by atoms with Gasteiger partial charge in [0.05, 0.1) is 23.7 Å². The SMILES string of the molecule is O=C(COC(=O)c1ccccc1Br)Nc1ccc(S(=O)(=O)N2CCOCC2)cc1. The molecule has 0 spiro atoms. The number of anilines is 1. The van der Waals surface area contributed by atoms with Crippen LogP contribution in [-0.4, -0.2) is 57.5 Å². The summed E-state index contributed by atoms with van der Waals surface area (Å²) in [5.74, 6) is -1.16. The minimum Gasteiger partial charge on any atom is -0.452 e. The van der Waals surface area contributed by atoms with Crippen LogP contribution in [0.4, 0.5) is 5.69 Å². The third kappa shape index (κ3) is 5.41. The molecular formula is C19H19BrN2O6S. The van der Waals surface area contributed by atoms with Crippen molar-refractivity contribution in [2.45, 2.75) is 4.90 Å². The molecule has 1 fully saturated rings. The number of rotatable bonds is 6. The molecule has 0 saturated carbocycles. The minimum atomic E-state index is -3.60. The summed E-state index contributed by atoms with van der Waals surface area (Å²) in [5, 5.41) is 2.57. The maximum Gasteiger partial charge on any atom is 0.339 e. The van der Waals surface area contributed by atoms with E-state index in [1.807, 2.05) is 0 Å². The number of morpholine rings is 1. The standard InChI is InChI=1S/C19H19BrN2O6S/c20-17-4-2-1-3-16(17)19(24)28-13-18(23)21-14-5-7-15(8-6-14)29(25,26)22-9-11-27-12-10-22/h1-8H,9-13H2,(H,21,23). The number of nitrogens with one attached hydrogen (secondary N) is 1. The van der Waals surface area contributed by atoms with E-state index in [0.717, 1.165) is 0 Å². The van der Waals surface area contributed by atoms with Crippen LogP contribution in [0, 0.1) is 0 Å². The van der Waals surface area contributed by atoms with Crippen LogP contribution >= 0.6 is 15.9 Å². The molecule has 1 aliphatic rings. The molecular weight excluding hydrogens is 464 g/mol. The number of ether oxygens (including phenoxy) is 2. The number of carbonyl (C=O) groups is 2. The Bertz CT molecular complexity index is 988. The van der Waals surface area contributed by atoms with Gasteiger partial charge in [-0.1, -0.05) is 12.1 Å². The van der Waals surface area contributed by atoms with Crippen LogP contribution in [-0.2, 0) is 24.3 Å². The van der Waals surface area contributed by atoms with Crippen molar-refractivity contribution in [1.29, 1.82) is 0 Å². The van der Waals surface area contributed by atoms with E-state index in [9.17, 15) is 18.0 Å². The number of halogens is 1. The second-order valence-corrected chi connectivity index (χ2v) is 8.94. The third-order valence-corrected chi connectivity index (χ3v) is 6.78. The summed E-state index contributed by atoms with van der Waals surface area (Å²) in [4.78, 5) is 24.2. The Kier molecular flexibility index (Phi) is 7.01. The molecule has 0 unspecified atom stereocenters. The Balaban J connectivity index is 1.56. The number of benzene rings is 2. The smallest absolute Gasteiger partial charge is 0.339 e. The summed E-state index contributed by atoms with van der Waals surface area (Å²) in [6.07, 6.45) is 0. The first-order chi connectivity index (χ1) is 13.9. The van der Waals surface area contributed by atoms with E-state index in [1.54, 1.807) is 24.3 Å². The van der Waals surface area contributed by atoms with Gasteiger partial charge in [0.15, 0.2) is 6.61 Å². The highest BCUT2D eigenvalue weighted by Crippen LogP contribution is 2.20. The van der Waals surface area contributed by atoms with Crippen molar-refractivity contribution < 1.29 is 27.5 Å². The van der Waals surface area contributed by atoms with Gasteiger partial charge in [-0.2, -0.15) is 4.31 Å². The highest BCUT2D eigenvalue weighted by molar-refractivity contribution is 9.10. The van der Waals surface area contributed by atoms with Gasteiger partial charge in [-0.3, -0.25) is 4.79 Å². The van der Waals surface area contributed by atoms with Crippen LogP contribution in [0.25, 0.3) is 0 Å². The van der Waals surface area contributed by atoms with Gasteiger partial charge in [-0.25, -0.2) is 13.2 Å². The molecule has 29 heavy (non-hydrogen) atoms. The lowest BCUT2D eigenvalue weighted by Gasteiger charge is -2.26. The molecule has 8 nitrogen and oxygen atoms in total. The van der Waals surface area contributed by atoms with E-state index < -0.39 is 28.5 Å². The molecule has 1 amide bonds. The Morgan fingerprint density at radius 2 is 1.72 bits per heavy atom. The van der Waals surface area contributed by atoms with Crippen molar-refractivity contribution >= 4 is 43.5 Å². The minimum absolute atomic E-state index is 0.137. The summed E-state index contributed by atoms with van der Waals surface area (Å²) in [5.41, 5.74) is 0.714. The number of hydrogen-bond acceptors (Lipinski definition) is 6. The monoisotopic (exact) mass is 482 g/mol. The molecule has 0 bridgehead atoms. The normalized spacial score (nSPS) is 14.9. The largest absolute Gasteiger partial charge is 0.452 e. The fraction of sp³-hybridized carbons (Fsp3) is 0.263. The predicted molar refractivity (Wildman–Crippen MR) is 109 cm³/mol. The molecule has 2 aromatic carbocycles. The van der Waals surface area contributed by atoms with Gasteiger partial charge in [0.1, 0.15) is 0 Å². The van der Waals surface area contributed by atoms with E-state index in [-0.39, 0.29) is 4.90 Å². The van der Waals surface area contributed by atoms with Crippen LogP contribution in [0.3, 0.4) is 0 Å². The number of nitrogens with zero attached hydrogens (tertiary/aromatic N) is 1. The maximum absolute atomic E-state index is 12.6. The molecule has 3 rings (SSSR count). The third-order valence-electron chi connectivity index (χ3n) is 4.17. The van der Waals surface area contributed by atoms with E-state index in [2.05, 4.69) is 21.2 Å². The first-order valence-corrected chi connectivity index (χ1v) is 11.0. The number of hydrogen-bond donors (Lipinski definition) is 1. The Labute approximate surface area is 177 Å². The summed E-state index contributed by atoms with van der Waals surface area (Å²) in [7, 11) is -3.60. The van der Waals surface area contributed by atoms with Crippen molar-refractivity contribution in [3.05, 3.63) is 58.6 Å². The molecule has 0 aromatic heterocycles. The fourth-order valence-corrected chi connectivity index (χ4v) is 4.53. The zero-order valence-corrected chi connectivity index (χ0v) is 17.7. The van der Waals surface area contributed by atoms with Gasteiger partial charge in [-0.15, -0.1) is 0 Å². The van der Waals surface area contributed by atoms with Crippen LogP contribution < -0.4 is 5.32 Å². The van der Waals surface area contributed by atoms with E-state index in [1.165, 1.54) is 28.6 Å². The molecule has 154 valence electrons. The highest BCUT2D eigenvalue weighted by atomic mass is 79.9. The van der Waals surface area contributed by atoms with E-state index >= 15 is 0 Å². The predicted octanol–water partition coefficient (Wildman–Crippen LogP) is 2.27. The van der Waals surface area contributed by atoms with Crippen molar-refractivity contribution in [2.75, 3.05) is 38.2 Å². The van der Waals surface area contributed by atoms with Gasteiger partial charge in [0.2, 0.25) is 10.0 Å².